The number of fused-ring (bicyclic) bond motifs is 1. The smallest absolute Gasteiger partial charge is 0.122 e. The van der Waals surface area contributed by atoms with Crippen molar-refractivity contribution in [1.29, 1.82) is 5.41 Å². The molecule has 0 fully saturated rings. The molecule has 3 heteroatoms. The minimum absolute atomic E-state index is 0.137. The van der Waals surface area contributed by atoms with Crippen LogP contribution in [-0.4, -0.2) is 5.84 Å². The molecule has 2 aliphatic rings. The van der Waals surface area contributed by atoms with Gasteiger partial charge in [0, 0.05) is 10.4 Å². The van der Waals surface area contributed by atoms with E-state index < -0.39 is 0 Å². The van der Waals surface area contributed by atoms with E-state index in [1.165, 1.54) is 4.88 Å². The zero-order valence-corrected chi connectivity index (χ0v) is 7.19. The van der Waals surface area contributed by atoms with Crippen molar-refractivity contribution in [3.63, 3.8) is 0 Å². The summed E-state index contributed by atoms with van der Waals surface area (Å²) in [7, 11) is 0. The summed E-state index contributed by atoms with van der Waals surface area (Å²) in [5, 5.41) is 9.27. The van der Waals surface area contributed by atoms with Gasteiger partial charge in [0.15, 0.2) is 0 Å². The monoisotopic (exact) mass is 176 g/mol. The maximum Gasteiger partial charge on any atom is 0.122 e. The summed E-state index contributed by atoms with van der Waals surface area (Å²) in [6.45, 7) is 0. The van der Waals surface area contributed by atoms with E-state index in [1.54, 1.807) is 11.3 Å². The van der Waals surface area contributed by atoms with Crippen molar-refractivity contribution < 1.29 is 0 Å². The number of hydrogen-bond acceptors (Lipinski definition) is 2. The SMILES string of the molecule is N=C(N)c1cc2cccsc-2c1. The van der Waals surface area contributed by atoms with Crippen molar-refractivity contribution in [1.82, 2.24) is 0 Å². The van der Waals surface area contributed by atoms with Crippen LogP contribution < -0.4 is 5.73 Å². The van der Waals surface area contributed by atoms with Gasteiger partial charge in [0.1, 0.15) is 5.84 Å². The molecule has 0 spiro atoms. The molecule has 0 bridgehead atoms. The molecular formula is C9H8N2S. The minimum atomic E-state index is 0.137. The van der Waals surface area contributed by atoms with E-state index in [1.807, 2.05) is 29.6 Å². The summed E-state index contributed by atoms with van der Waals surface area (Å²) in [5.74, 6) is 0.137. The predicted molar refractivity (Wildman–Crippen MR) is 52.0 cm³/mol. The van der Waals surface area contributed by atoms with E-state index in [-0.39, 0.29) is 5.84 Å². The minimum Gasteiger partial charge on any atom is -0.384 e. The van der Waals surface area contributed by atoms with Crippen LogP contribution in [0.15, 0.2) is 29.6 Å². The Balaban J connectivity index is 2.63. The Kier molecular flexibility index (Phi) is 1.59. The fourth-order valence-electron chi connectivity index (χ4n) is 1.15. The van der Waals surface area contributed by atoms with Crippen LogP contribution in [0.5, 0.6) is 0 Å². The quantitative estimate of drug-likeness (QED) is 0.507. The van der Waals surface area contributed by atoms with E-state index in [2.05, 4.69) is 0 Å². The first-order valence-corrected chi connectivity index (χ1v) is 4.47. The van der Waals surface area contributed by atoms with E-state index in [4.69, 9.17) is 11.1 Å². The zero-order chi connectivity index (χ0) is 8.55. The molecule has 60 valence electrons. The lowest BCUT2D eigenvalue weighted by Crippen LogP contribution is -2.08. The Morgan fingerprint density at radius 1 is 1.42 bits per heavy atom. The van der Waals surface area contributed by atoms with Crippen LogP contribution in [0, 0.1) is 5.41 Å². The molecule has 1 heterocycles. The molecule has 0 aromatic carbocycles. The third-order valence-electron chi connectivity index (χ3n) is 1.74. The molecule has 0 unspecified atom stereocenters. The summed E-state index contributed by atoms with van der Waals surface area (Å²) >= 11 is 1.66. The van der Waals surface area contributed by atoms with Crippen molar-refractivity contribution in [2.24, 2.45) is 5.73 Å². The summed E-state index contributed by atoms with van der Waals surface area (Å²) in [5.41, 5.74) is 7.34. The standard InChI is InChI=1S/C9H8N2S/c10-9(11)7-4-6-2-1-3-12-8(6)5-7/h1-5H,(H3,10,11). The number of hydrogen-bond donors (Lipinski definition) is 2. The van der Waals surface area contributed by atoms with Gasteiger partial charge in [0.05, 0.1) is 0 Å². The summed E-state index contributed by atoms with van der Waals surface area (Å²) < 4.78 is 0. The Morgan fingerprint density at radius 3 is 2.92 bits per heavy atom. The molecule has 0 saturated carbocycles. The lowest BCUT2D eigenvalue weighted by molar-refractivity contribution is 1.44. The van der Waals surface area contributed by atoms with Crippen LogP contribution in [0.2, 0.25) is 0 Å². The molecule has 0 aromatic heterocycles. The van der Waals surface area contributed by atoms with E-state index in [0.29, 0.717) is 0 Å². The number of nitrogen functional groups attached to an aromatic ring is 1. The molecule has 2 nitrogen and oxygen atoms in total. The van der Waals surface area contributed by atoms with Crippen LogP contribution in [0.1, 0.15) is 5.56 Å². The predicted octanol–water partition coefficient (Wildman–Crippen LogP) is 2.14. The van der Waals surface area contributed by atoms with E-state index >= 15 is 0 Å². The van der Waals surface area contributed by atoms with Gasteiger partial charge in [0.2, 0.25) is 0 Å². The van der Waals surface area contributed by atoms with E-state index in [9.17, 15) is 0 Å². The highest BCUT2D eigenvalue weighted by Gasteiger charge is 2.06. The van der Waals surface area contributed by atoms with Crippen molar-refractivity contribution in [3.8, 4) is 10.4 Å². The van der Waals surface area contributed by atoms with Gasteiger partial charge < -0.3 is 5.73 Å². The summed E-state index contributed by atoms with van der Waals surface area (Å²) in [6.07, 6.45) is 0. The second kappa shape index (κ2) is 2.60. The van der Waals surface area contributed by atoms with Gasteiger partial charge in [0.25, 0.3) is 0 Å². The molecule has 1 aliphatic heterocycles. The highest BCUT2D eigenvalue weighted by molar-refractivity contribution is 7.13. The maximum atomic E-state index is 7.25. The van der Waals surface area contributed by atoms with Crippen LogP contribution in [0.3, 0.4) is 0 Å². The van der Waals surface area contributed by atoms with E-state index in [0.717, 1.165) is 11.1 Å². The Bertz CT molecular complexity index is 362. The largest absolute Gasteiger partial charge is 0.384 e. The zero-order valence-electron chi connectivity index (χ0n) is 6.37. The number of rotatable bonds is 1. The normalized spacial score (nSPS) is 10.3. The average molecular weight is 176 g/mol. The first-order chi connectivity index (χ1) is 5.77. The van der Waals surface area contributed by atoms with Crippen LogP contribution in [-0.2, 0) is 0 Å². The summed E-state index contributed by atoms with van der Waals surface area (Å²) in [4.78, 5) is 1.18. The third kappa shape index (κ3) is 1.08. The molecule has 0 radical (unpaired) electrons. The van der Waals surface area contributed by atoms with Crippen LogP contribution in [0.25, 0.3) is 10.4 Å². The van der Waals surface area contributed by atoms with Gasteiger partial charge in [-0.3, -0.25) is 5.41 Å². The Hall–Kier alpha value is -1.35. The summed E-state index contributed by atoms with van der Waals surface area (Å²) in [6, 6.07) is 7.91. The third-order valence-corrected chi connectivity index (χ3v) is 2.64. The highest BCUT2D eigenvalue weighted by atomic mass is 32.1. The second-order valence-corrected chi connectivity index (χ2v) is 3.54. The van der Waals surface area contributed by atoms with Crippen molar-refractivity contribution in [3.05, 3.63) is 35.2 Å². The molecule has 0 aromatic rings. The van der Waals surface area contributed by atoms with Crippen molar-refractivity contribution in [2.75, 3.05) is 0 Å². The lowest BCUT2D eigenvalue weighted by atomic mass is 10.3. The molecule has 1 aliphatic carbocycles. The molecule has 0 atom stereocenters. The van der Waals surface area contributed by atoms with Crippen molar-refractivity contribution >= 4 is 17.2 Å². The second-order valence-electron chi connectivity index (χ2n) is 2.59. The van der Waals surface area contributed by atoms with Gasteiger partial charge in [-0.1, -0.05) is 12.1 Å². The fourth-order valence-corrected chi connectivity index (χ4v) is 1.91. The van der Waals surface area contributed by atoms with Gasteiger partial charge in [-0.15, -0.1) is 11.3 Å². The molecule has 0 amide bonds. The average Bonchev–Trinajstić information content (AvgIpc) is 2.46. The lowest BCUT2D eigenvalue weighted by Gasteiger charge is -1.91. The molecular weight excluding hydrogens is 168 g/mol. The first kappa shape index (κ1) is 7.31. The van der Waals surface area contributed by atoms with Crippen molar-refractivity contribution in [2.45, 2.75) is 0 Å². The Labute approximate surface area is 74.5 Å². The molecule has 0 saturated heterocycles. The molecule has 12 heavy (non-hydrogen) atoms. The molecule has 2 rings (SSSR count). The van der Waals surface area contributed by atoms with Crippen LogP contribution in [0.4, 0.5) is 0 Å². The highest BCUT2D eigenvalue weighted by Crippen LogP contribution is 2.28. The Morgan fingerprint density at radius 2 is 2.25 bits per heavy atom. The topological polar surface area (TPSA) is 49.9 Å². The maximum absolute atomic E-state index is 7.25. The molecule has 3 N–H and O–H groups in total. The number of nitrogens with one attached hydrogen (secondary N) is 1. The van der Waals surface area contributed by atoms with Gasteiger partial charge in [-0.05, 0) is 23.1 Å². The first-order valence-electron chi connectivity index (χ1n) is 3.59. The van der Waals surface area contributed by atoms with Crippen LogP contribution >= 0.6 is 11.3 Å². The van der Waals surface area contributed by atoms with Gasteiger partial charge >= 0.3 is 0 Å². The van der Waals surface area contributed by atoms with Gasteiger partial charge in [-0.25, -0.2) is 0 Å². The number of amidine groups is 1. The fraction of sp³-hybridized carbons (Fsp3) is 0. The van der Waals surface area contributed by atoms with Gasteiger partial charge in [-0.2, -0.15) is 0 Å². The number of nitrogens with two attached hydrogens (primary N) is 1.